The molecule has 0 fully saturated rings. The quantitative estimate of drug-likeness (QED) is 0.531. The van der Waals surface area contributed by atoms with Crippen molar-refractivity contribution in [2.24, 2.45) is 0 Å². The van der Waals surface area contributed by atoms with E-state index in [9.17, 15) is 9.59 Å². The maximum Gasteiger partial charge on any atom is 0.313 e. The number of esters is 1. The lowest BCUT2D eigenvalue weighted by Gasteiger charge is -2.00. The second-order valence-corrected chi connectivity index (χ2v) is 2.86. The number of furan rings is 1. The molecule has 0 spiro atoms. The van der Waals surface area contributed by atoms with E-state index in [4.69, 9.17) is 9.15 Å². The molecule has 0 aromatic carbocycles. The van der Waals surface area contributed by atoms with Gasteiger partial charge in [-0.3, -0.25) is 9.59 Å². The van der Waals surface area contributed by atoms with Crippen LogP contribution in [0.5, 0.6) is 0 Å². The molecule has 14 heavy (non-hydrogen) atoms. The van der Waals surface area contributed by atoms with Gasteiger partial charge in [-0.1, -0.05) is 6.92 Å². The summed E-state index contributed by atoms with van der Waals surface area (Å²) in [5.74, 6) is -0.597. The highest BCUT2D eigenvalue weighted by molar-refractivity contribution is 5.95. The molecule has 4 heteroatoms. The minimum Gasteiger partial charge on any atom is -0.472 e. The monoisotopic (exact) mass is 196 g/mol. The van der Waals surface area contributed by atoms with Crippen LogP contribution in [0.1, 0.15) is 25.3 Å². The molecule has 4 nitrogen and oxygen atoms in total. The summed E-state index contributed by atoms with van der Waals surface area (Å²) in [6, 6.07) is 1.70. The summed E-state index contributed by atoms with van der Waals surface area (Å²) in [4.78, 5) is 21.9. The van der Waals surface area contributed by atoms with Gasteiger partial charge in [-0.25, -0.2) is 0 Å². The topological polar surface area (TPSA) is 56.5 Å². The van der Waals surface area contributed by atoms with E-state index in [0.717, 1.165) is 5.56 Å². The molecule has 0 unspecified atom stereocenters. The summed E-state index contributed by atoms with van der Waals surface area (Å²) in [7, 11) is 0. The van der Waals surface area contributed by atoms with Gasteiger partial charge in [0.2, 0.25) is 0 Å². The fourth-order valence-corrected chi connectivity index (χ4v) is 0.876. The first-order valence-corrected chi connectivity index (χ1v) is 4.40. The normalized spacial score (nSPS) is 9.79. The molecule has 0 aliphatic heterocycles. The molecule has 0 radical (unpaired) electrons. The Morgan fingerprint density at radius 3 is 2.86 bits per heavy atom. The van der Waals surface area contributed by atoms with Crippen molar-refractivity contribution in [1.29, 1.82) is 0 Å². The molecule has 0 saturated carbocycles. The largest absolute Gasteiger partial charge is 0.472 e. The van der Waals surface area contributed by atoms with Crippen LogP contribution >= 0.6 is 0 Å². The Morgan fingerprint density at radius 2 is 2.29 bits per heavy atom. The van der Waals surface area contributed by atoms with Crippen LogP contribution in [0.3, 0.4) is 0 Å². The Hall–Kier alpha value is -1.58. The van der Waals surface area contributed by atoms with Crippen molar-refractivity contribution in [3.63, 3.8) is 0 Å². The van der Waals surface area contributed by atoms with Gasteiger partial charge in [-0.2, -0.15) is 0 Å². The molecule has 1 heterocycles. The minimum atomic E-state index is -0.488. The van der Waals surface area contributed by atoms with Crippen LogP contribution in [0.4, 0.5) is 0 Å². The van der Waals surface area contributed by atoms with Gasteiger partial charge in [-0.05, 0) is 6.07 Å². The molecule has 1 aromatic rings. The van der Waals surface area contributed by atoms with Gasteiger partial charge in [0, 0.05) is 12.0 Å². The Balaban J connectivity index is 2.25. The molecule has 0 N–H and O–H groups in total. The van der Waals surface area contributed by atoms with Crippen LogP contribution in [-0.2, 0) is 20.9 Å². The Bertz CT molecular complexity index is 300. The highest BCUT2D eigenvalue weighted by atomic mass is 16.5. The highest BCUT2D eigenvalue weighted by Crippen LogP contribution is 2.03. The van der Waals surface area contributed by atoms with Crippen molar-refractivity contribution >= 4 is 11.8 Å². The zero-order chi connectivity index (χ0) is 10.4. The maximum absolute atomic E-state index is 11.0. The molecule has 0 bridgehead atoms. The van der Waals surface area contributed by atoms with Crippen molar-refractivity contribution in [2.75, 3.05) is 0 Å². The molecule has 0 amide bonds. The first-order chi connectivity index (χ1) is 6.72. The van der Waals surface area contributed by atoms with E-state index in [1.54, 1.807) is 13.0 Å². The summed E-state index contributed by atoms with van der Waals surface area (Å²) in [5.41, 5.74) is 0.780. The summed E-state index contributed by atoms with van der Waals surface area (Å²) >= 11 is 0. The summed E-state index contributed by atoms with van der Waals surface area (Å²) in [5, 5.41) is 0. The number of hydrogen-bond acceptors (Lipinski definition) is 4. The zero-order valence-corrected chi connectivity index (χ0v) is 7.99. The summed E-state index contributed by atoms with van der Waals surface area (Å²) in [6.45, 7) is 1.87. The van der Waals surface area contributed by atoms with Crippen LogP contribution in [0, 0.1) is 0 Å². The van der Waals surface area contributed by atoms with Crippen molar-refractivity contribution in [2.45, 2.75) is 26.4 Å². The van der Waals surface area contributed by atoms with E-state index in [1.807, 2.05) is 0 Å². The van der Waals surface area contributed by atoms with Gasteiger partial charge in [0.05, 0.1) is 12.5 Å². The number of Topliss-reactive ketones (excluding diaryl/α,β-unsaturated/α-hetero) is 1. The first kappa shape index (κ1) is 10.5. The Kier molecular flexibility index (Phi) is 3.91. The van der Waals surface area contributed by atoms with Gasteiger partial charge in [0.15, 0.2) is 0 Å². The number of rotatable bonds is 5. The third-order valence-electron chi connectivity index (χ3n) is 1.72. The van der Waals surface area contributed by atoms with Crippen molar-refractivity contribution in [3.05, 3.63) is 24.2 Å². The van der Waals surface area contributed by atoms with Crippen LogP contribution < -0.4 is 0 Å². The SMILES string of the molecule is CCC(=O)CC(=O)OCc1ccoc1. The number of carbonyl (C=O) groups excluding carboxylic acids is 2. The lowest BCUT2D eigenvalue weighted by Crippen LogP contribution is -2.10. The lowest BCUT2D eigenvalue weighted by molar-refractivity contribution is -0.147. The molecule has 0 saturated heterocycles. The van der Waals surface area contributed by atoms with Crippen molar-refractivity contribution in [1.82, 2.24) is 0 Å². The molecule has 0 aliphatic rings. The van der Waals surface area contributed by atoms with Gasteiger partial charge in [-0.15, -0.1) is 0 Å². The average molecular weight is 196 g/mol. The molecular formula is C10H12O4. The maximum atomic E-state index is 11.0. The second-order valence-electron chi connectivity index (χ2n) is 2.86. The van der Waals surface area contributed by atoms with E-state index < -0.39 is 5.97 Å². The van der Waals surface area contributed by atoms with E-state index >= 15 is 0 Å². The molecule has 0 aliphatic carbocycles. The lowest BCUT2D eigenvalue weighted by atomic mass is 10.2. The van der Waals surface area contributed by atoms with E-state index in [0.29, 0.717) is 6.42 Å². The van der Waals surface area contributed by atoms with Gasteiger partial charge < -0.3 is 9.15 Å². The third kappa shape index (κ3) is 3.43. The number of hydrogen-bond donors (Lipinski definition) is 0. The van der Waals surface area contributed by atoms with Crippen LogP contribution in [0.15, 0.2) is 23.0 Å². The molecule has 1 aromatic heterocycles. The predicted molar refractivity (Wildman–Crippen MR) is 48.4 cm³/mol. The number of ether oxygens (including phenoxy) is 1. The zero-order valence-electron chi connectivity index (χ0n) is 7.99. The first-order valence-electron chi connectivity index (χ1n) is 4.40. The number of carbonyl (C=O) groups is 2. The molecule has 76 valence electrons. The van der Waals surface area contributed by atoms with Crippen molar-refractivity contribution < 1.29 is 18.7 Å². The standard InChI is InChI=1S/C10H12O4/c1-2-9(11)5-10(12)14-7-8-3-4-13-6-8/h3-4,6H,2,5,7H2,1H3. The van der Waals surface area contributed by atoms with E-state index in [1.165, 1.54) is 12.5 Å². The van der Waals surface area contributed by atoms with Crippen molar-refractivity contribution in [3.8, 4) is 0 Å². The average Bonchev–Trinajstić information content (AvgIpc) is 2.67. The third-order valence-corrected chi connectivity index (χ3v) is 1.72. The van der Waals surface area contributed by atoms with Gasteiger partial charge in [0.25, 0.3) is 0 Å². The summed E-state index contributed by atoms with van der Waals surface area (Å²) < 4.78 is 9.63. The Labute approximate surface area is 81.9 Å². The van der Waals surface area contributed by atoms with Crippen LogP contribution in [-0.4, -0.2) is 11.8 Å². The van der Waals surface area contributed by atoms with E-state index in [-0.39, 0.29) is 18.8 Å². The highest BCUT2D eigenvalue weighted by Gasteiger charge is 2.08. The molecule has 1 rings (SSSR count). The second kappa shape index (κ2) is 5.21. The predicted octanol–water partition coefficient (Wildman–Crippen LogP) is 1.69. The molecular weight excluding hydrogens is 184 g/mol. The fourth-order valence-electron chi connectivity index (χ4n) is 0.876. The smallest absolute Gasteiger partial charge is 0.313 e. The number of ketones is 1. The summed E-state index contributed by atoms with van der Waals surface area (Å²) in [6.07, 6.45) is 3.21. The van der Waals surface area contributed by atoms with Gasteiger partial charge in [0.1, 0.15) is 18.8 Å². The van der Waals surface area contributed by atoms with Gasteiger partial charge >= 0.3 is 5.97 Å². The Morgan fingerprint density at radius 1 is 1.50 bits per heavy atom. The fraction of sp³-hybridized carbons (Fsp3) is 0.400. The van der Waals surface area contributed by atoms with Crippen LogP contribution in [0.2, 0.25) is 0 Å². The van der Waals surface area contributed by atoms with Crippen LogP contribution in [0.25, 0.3) is 0 Å². The molecule has 0 atom stereocenters. The van der Waals surface area contributed by atoms with E-state index in [2.05, 4.69) is 0 Å². The minimum absolute atomic E-state index is 0.109.